The SMILES string of the molecule is C[C@@H](O)[C@H]1C(=O)N2C(C(=O)O)=C(COc3cccc4c(CCN)cccc34)[C@H](C)[C@H]12. The van der Waals surface area contributed by atoms with Crippen LogP contribution in [-0.4, -0.2) is 52.3 Å². The maximum Gasteiger partial charge on any atom is 0.352 e. The first-order chi connectivity index (χ1) is 14.4. The van der Waals surface area contributed by atoms with Gasteiger partial charge in [0.05, 0.1) is 18.1 Å². The number of carboxylic acids is 1. The molecule has 7 heteroatoms. The van der Waals surface area contributed by atoms with E-state index in [0.717, 1.165) is 22.8 Å². The van der Waals surface area contributed by atoms with Crippen LogP contribution in [0, 0.1) is 11.8 Å². The molecule has 2 heterocycles. The van der Waals surface area contributed by atoms with E-state index in [2.05, 4.69) is 0 Å². The predicted octanol–water partition coefficient (Wildman–Crippen LogP) is 1.92. The number of hydrogen-bond acceptors (Lipinski definition) is 5. The number of rotatable bonds is 7. The van der Waals surface area contributed by atoms with Gasteiger partial charge in [-0.3, -0.25) is 4.79 Å². The van der Waals surface area contributed by atoms with Crippen LogP contribution < -0.4 is 10.5 Å². The normalized spacial score (nSPS) is 24.1. The Hall–Kier alpha value is -2.90. The van der Waals surface area contributed by atoms with Gasteiger partial charge in [0.1, 0.15) is 18.1 Å². The number of amides is 1. The fourth-order valence-corrected chi connectivity index (χ4v) is 4.84. The standard InChI is InChI=1S/C23H26N2O5/c1-12-17(21(23(28)29)25-20(12)19(13(2)26)22(25)27)11-30-18-8-4-6-15-14(9-10-24)5-3-7-16(15)18/h3-8,12-13,19-20,26H,9-11,24H2,1-2H3,(H,28,29)/t12-,13+,19+,20+/m0/s1. The first kappa shape index (κ1) is 20.4. The summed E-state index contributed by atoms with van der Waals surface area (Å²) >= 11 is 0. The number of aliphatic hydroxyl groups is 1. The van der Waals surface area contributed by atoms with E-state index in [4.69, 9.17) is 10.5 Å². The molecule has 4 atom stereocenters. The Balaban J connectivity index is 1.65. The number of aliphatic hydroxyl groups excluding tert-OH is 1. The molecule has 0 spiro atoms. The summed E-state index contributed by atoms with van der Waals surface area (Å²) in [6.07, 6.45) is -0.0680. The molecule has 2 aliphatic heterocycles. The molecule has 0 unspecified atom stereocenters. The number of carbonyl (C=O) groups excluding carboxylic acids is 1. The first-order valence-electron chi connectivity index (χ1n) is 10.2. The van der Waals surface area contributed by atoms with Crippen LogP contribution in [0.15, 0.2) is 47.7 Å². The van der Waals surface area contributed by atoms with Gasteiger partial charge in [0, 0.05) is 16.9 Å². The van der Waals surface area contributed by atoms with Crippen molar-refractivity contribution in [1.82, 2.24) is 4.90 Å². The van der Waals surface area contributed by atoms with Crippen molar-refractivity contribution >= 4 is 22.6 Å². The number of ether oxygens (including phenoxy) is 1. The molecule has 0 radical (unpaired) electrons. The molecule has 0 saturated carbocycles. The fraction of sp³-hybridized carbons (Fsp3) is 0.391. The van der Waals surface area contributed by atoms with Crippen LogP contribution in [0.3, 0.4) is 0 Å². The molecule has 30 heavy (non-hydrogen) atoms. The van der Waals surface area contributed by atoms with E-state index in [1.54, 1.807) is 6.92 Å². The maximum atomic E-state index is 12.5. The molecule has 1 amide bonds. The molecule has 1 fully saturated rings. The van der Waals surface area contributed by atoms with Gasteiger partial charge in [0.25, 0.3) is 0 Å². The minimum atomic E-state index is -1.15. The molecular weight excluding hydrogens is 384 g/mol. The molecule has 2 aliphatic rings. The lowest BCUT2D eigenvalue weighted by Crippen LogP contribution is -2.63. The zero-order chi connectivity index (χ0) is 21.6. The second-order valence-corrected chi connectivity index (χ2v) is 8.03. The third kappa shape index (κ3) is 3.05. The summed E-state index contributed by atoms with van der Waals surface area (Å²) in [5, 5.41) is 21.7. The summed E-state index contributed by atoms with van der Waals surface area (Å²) in [5.74, 6) is -1.63. The van der Waals surface area contributed by atoms with Crippen molar-refractivity contribution in [2.24, 2.45) is 17.6 Å². The van der Waals surface area contributed by atoms with Gasteiger partial charge in [-0.15, -0.1) is 0 Å². The van der Waals surface area contributed by atoms with E-state index in [1.807, 2.05) is 43.3 Å². The lowest BCUT2D eigenvalue weighted by molar-refractivity contribution is -0.163. The number of hydrogen-bond donors (Lipinski definition) is 3. The lowest BCUT2D eigenvalue weighted by atomic mass is 9.78. The number of carboxylic acid groups (broad SMARTS) is 1. The van der Waals surface area contributed by atoms with Crippen molar-refractivity contribution < 1.29 is 24.5 Å². The number of fused-ring (bicyclic) bond motifs is 2. The molecule has 1 saturated heterocycles. The molecule has 0 aromatic heterocycles. The van der Waals surface area contributed by atoms with Gasteiger partial charge in [-0.1, -0.05) is 37.3 Å². The Morgan fingerprint density at radius 3 is 2.60 bits per heavy atom. The molecule has 7 nitrogen and oxygen atoms in total. The molecular formula is C23H26N2O5. The average Bonchev–Trinajstić information content (AvgIpc) is 2.95. The van der Waals surface area contributed by atoms with Crippen LogP contribution in [0.25, 0.3) is 10.8 Å². The fourth-order valence-electron chi connectivity index (χ4n) is 4.84. The number of nitrogens with zero attached hydrogens (tertiary/aromatic N) is 1. The topological polar surface area (TPSA) is 113 Å². The molecule has 4 N–H and O–H groups in total. The number of benzene rings is 2. The zero-order valence-electron chi connectivity index (χ0n) is 17.0. The Morgan fingerprint density at radius 1 is 1.23 bits per heavy atom. The highest BCUT2D eigenvalue weighted by Crippen LogP contribution is 2.47. The van der Waals surface area contributed by atoms with Crippen molar-refractivity contribution in [1.29, 1.82) is 0 Å². The molecule has 0 aliphatic carbocycles. The lowest BCUT2D eigenvalue weighted by Gasteiger charge is -2.46. The van der Waals surface area contributed by atoms with Crippen LogP contribution in [0.2, 0.25) is 0 Å². The first-order valence-corrected chi connectivity index (χ1v) is 10.2. The van der Waals surface area contributed by atoms with Crippen molar-refractivity contribution in [3.05, 3.63) is 53.2 Å². The minimum absolute atomic E-state index is 0.0153. The monoisotopic (exact) mass is 410 g/mol. The molecule has 0 bridgehead atoms. The Kier molecular flexibility index (Phi) is 5.26. The van der Waals surface area contributed by atoms with Crippen LogP contribution in [0.4, 0.5) is 0 Å². The number of aliphatic carboxylic acids is 1. The Bertz CT molecular complexity index is 1050. The highest BCUT2D eigenvalue weighted by atomic mass is 16.5. The van der Waals surface area contributed by atoms with Gasteiger partial charge in [-0.2, -0.15) is 0 Å². The molecule has 2 aromatic rings. The van der Waals surface area contributed by atoms with Crippen molar-refractivity contribution in [3.63, 3.8) is 0 Å². The van der Waals surface area contributed by atoms with E-state index in [1.165, 1.54) is 4.90 Å². The number of carbonyl (C=O) groups is 2. The predicted molar refractivity (Wildman–Crippen MR) is 112 cm³/mol. The summed E-state index contributed by atoms with van der Waals surface area (Å²) in [6.45, 7) is 4.06. The average molecular weight is 410 g/mol. The van der Waals surface area contributed by atoms with E-state index < -0.39 is 18.0 Å². The quantitative estimate of drug-likeness (QED) is 0.601. The van der Waals surface area contributed by atoms with E-state index in [-0.39, 0.29) is 30.2 Å². The van der Waals surface area contributed by atoms with Gasteiger partial charge < -0.3 is 25.6 Å². The summed E-state index contributed by atoms with van der Waals surface area (Å²) < 4.78 is 6.09. The van der Waals surface area contributed by atoms with Crippen molar-refractivity contribution in [2.45, 2.75) is 32.4 Å². The number of nitrogens with two attached hydrogens (primary N) is 1. The minimum Gasteiger partial charge on any atom is -0.488 e. The second kappa shape index (κ2) is 7.74. The zero-order valence-corrected chi connectivity index (χ0v) is 17.0. The second-order valence-electron chi connectivity index (χ2n) is 8.03. The van der Waals surface area contributed by atoms with Crippen LogP contribution >= 0.6 is 0 Å². The van der Waals surface area contributed by atoms with Crippen LogP contribution in [0.5, 0.6) is 5.75 Å². The highest BCUT2D eigenvalue weighted by molar-refractivity contribution is 6.00. The third-order valence-electron chi connectivity index (χ3n) is 6.29. The maximum absolute atomic E-state index is 12.5. The highest BCUT2D eigenvalue weighted by Gasteiger charge is 2.59. The summed E-state index contributed by atoms with van der Waals surface area (Å²) in [4.78, 5) is 25.7. The third-order valence-corrected chi connectivity index (χ3v) is 6.29. The van der Waals surface area contributed by atoms with E-state index >= 15 is 0 Å². The summed E-state index contributed by atoms with van der Waals surface area (Å²) in [6, 6.07) is 11.4. The van der Waals surface area contributed by atoms with Gasteiger partial charge in [0.2, 0.25) is 5.91 Å². The molecule has 2 aromatic carbocycles. The van der Waals surface area contributed by atoms with Crippen molar-refractivity contribution in [2.75, 3.05) is 13.2 Å². The summed E-state index contributed by atoms with van der Waals surface area (Å²) in [5.41, 5.74) is 7.41. The number of β-lactam (4-membered cyclic amide) rings is 1. The van der Waals surface area contributed by atoms with Gasteiger partial charge >= 0.3 is 5.97 Å². The molecule has 4 rings (SSSR count). The smallest absolute Gasteiger partial charge is 0.352 e. The van der Waals surface area contributed by atoms with E-state index in [9.17, 15) is 19.8 Å². The van der Waals surface area contributed by atoms with Crippen LogP contribution in [-0.2, 0) is 16.0 Å². The largest absolute Gasteiger partial charge is 0.488 e. The van der Waals surface area contributed by atoms with Gasteiger partial charge in [0.15, 0.2) is 0 Å². The summed E-state index contributed by atoms with van der Waals surface area (Å²) in [7, 11) is 0. The van der Waals surface area contributed by atoms with E-state index in [0.29, 0.717) is 17.9 Å². The molecule has 158 valence electrons. The van der Waals surface area contributed by atoms with Crippen molar-refractivity contribution in [3.8, 4) is 5.75 Å². The van der Waals surface area contributed by atoms with Gasteiger partial charge in [-0.25, -0.2) is 4.79 Å². The Morgan fingerprint density at radius 2 is 1.93 bits per heavy atom. The Labute approximate surface area is 174 Å². The van der Waals surface area contributed by atoms with Crippen LogP contribution in [0.1, 0.15) is 19.4 Å². The van der Waals surface area contributed by atoms with Gasteiger partial charge in [-0.05, 0) is 36.9 Å².